The SMILES string of the molecule is COc1cccc(N2CCC(O)(CN3CC[C@]4(C)NC(=O)CCCC[C@H]34)CC2)c1. The van der Waals surface area contributed by atoms with Gasteiger partial charge in [-0.2, -0.15) is 0 Å². The lowest BCUT2D eigenvalue weighted by Gasteiger charge is -2.44. The summed E-state index contributed by atoms with van der Waals surface area (Å²) in [6.07, 6.45) is 6.29. The number of nitrogens with zero attached hydrogens (tertiary/aromatic N) is 2. The summed E-state index contributed by atoms with van der Waals surface area (Å²) < 4.78 is 5.35. The maximum atomic E-state index is 12.2. The van der Waals surface area contributed by atoms with E-state index >= 15 is 0 Å². The van der Waals surface area contributed by atoms with Gasteiger partial charge in [0.1, 0.15) is 5.75 Å². The molecule has 2 atom stereocenters. The van der Waals surface area contributed by atoms with E-state index in [1.165, 1.54) is 0 Å². The van der Waals surface area contributed by atoms with Crippen LogP contribution in [0.3, 0.4) is 0 Å². The third-order valence-electron chi connectivity index (χ3n) is 7.26. The van der Waals surface area contributed by atoms with Crippen LogP contribution in [0.15, 0.2) is 24.3 Å². The Labute approximate surface area is 174 Å². The number of hydrogen-bond acceptors (Lipinski definition) is 5. The van der Waals surface area contributed by atoms with E-state index in [4.69, 9.17) is 4.74 Å². The van der Waals surface area contributed by atoms with Crippen molar-refractivity contribution in [1.82, 2.24) is 10.2 Å². The molecule has 160 valence electrons. The Morgan fingerprint density at radius 2 is 2.00 bits per heavy atom. The van der Waals surface area contributed by atoms with Gasteiger partial charge in [-0.3, -0.25) is 9.69 Å². The lowest BCUT2D eigenvalue weighted by Crippen LogP contribution is -2.58. The minimum atomic E-state index is -0.660. The highest BCUT2D eigenvalue weighted by molar-refractivity contribution is 5.77. The summed E-state index contributed by atoms with van der Waals surface area (Å²) in [6, 6.07) is 8.47. The number of ether oxygens (including phenoxy) is 1. The van der Waals surface area contributed by atoms with Crippen molar-refractivity contribution >= 4 is 11.6 Å². The molecule has 3 aliphatic heterocycles. The van der Waals surface area contributed by atoms with Crippen molar-refractivity contribution < 1.29 is 14.6 Å². The van der Waals surface area contributed by atoms with Crippen molar-refractivity contribution in [3.05, 3.63) is 24.3 Å². The van der Waals surface area contributed by atoms with E-state index < -0.39 is 5.60 Å². The van der Waals surface area contributed by atoms with E-state index in [0.29, 0.717) is 19.0 Å². The lowest BCUT2D eigenvalue weighted by molar-refractivity contribution is -0.124. The van der Waals surface area contributed by atoms with Crippen LogP contribution in [0.5, 0.6) is 5.75 Å². The minimum Gasteiger partial charge on any atom is -0.497 e. The fourth-order valence-corrected chi connectivity index (χ4v) is 5.47. The smallest absolute Gasteiger partial charge is 0.220 e. The lowest BCUT2D eigenvalue weighted by atomic mass is 9.85. The normalized spacial score (nSPS) is 30.2. The van der Waals surface area contributed by atoms with E-state index in [1.807, 2.05) is 12.1 Å². The largest absolute Gasteiger partial charge is 0.497 e. The number of likely N-dealkylation sites (tertiary alicyclic amines) is 1. The predicted octanol–water partition coefficient (Wildman–Crippen LogP) is 2.55. The Morgan fingerprint density at radius 1 is 1.21 bits per heavy atom. The van der Waals surface area contributed by atoms with Gasteiger partial charge >= 0.3 is 0 Å². The molecule has 0 saturated carbocycles. The molecular weight excluding hydrogens is 366 g/mol. The third-order valence-corrected chi connectivity index (χ3v) is 7.26. The molecule has 4 rings (SSSR count). The Bertz CT molecular complexity index is 732. The zero-order valence-electron chi connectivity index (χ0n) is 17.8. The molecule has 0 aromatic heterocycles. The zero-order valence-corrected chi connectivity index (χ0v) is 17.8. The van der Waals surface area contributed by atoms with Crippen molar-refractivity contribution in [3.8, 4) is 5.75 Å². The van der Waals surface area contributed by atoms with Crippen LogP contribution in [0.2, 0.25) is 0 Å². The molecule has 3 heterocycles. The van der Waals surface area contributed by atoms with Crippen LogP contribution in [0.4, 0.5) is 5.69 Å². The second kappa shape index (κ2) is 8.15. The van der Waals surface area contributed by atoms with Gasteiger partial charge in [0.05, 0.1) is 18.2 Å². The summed E-state index contributed by atoms with van der Waals surface area (Å²) in [6.45, 7) is 5.53. The molecule has 0 bridgehead atoms. The number of rotatable bonds is 4. The molecule has 1 aromatic carbocycles. The molecule has 0 unspecified atom stereocenters. The maximum Gasteiger partial charge on any atom is 0.220 e. The Hall–Kier alpha value is -1.79. The highest BCUT2D eigenvalue weighted by Crippen LogP contribution is 2.36. The third kappa shape index (κ3) is 4.38. The van der Waals surface area contributed by atoms with Gasteiger partial charge in [-0.1, -0.05) is 12.5 Å². The number of carbonyl (C=O) groups excluding carboxylic acids is 1. The highest BCUT2D eigenvalue weighted by Gasteiger charge is 2.47. The molecule has 29 heavy (non-hydrogen) atoms. The van der Waals surface area contributed by atoms with E-state index in [9.17, 15) is 9.90 Å². The van der Waals surface area contributed by atoms with Gasteiger partial charge in [0.25, 0.3) is 0 Å². The van der Waals surface area contributed by atoms with Gasteiger partial charge in [0, 0.05) is 50.4 Å². The molecule has 2 N–H and O–H groups in total. The summed E-state index contributed by atoms with van der Waals surface area (Å²) >= 11 is 0. The zero-order chi connectivity index (χ0) is 20.5. The van der Waals surface area contributed by atoms with Crippen molar-refractivity contribution in [3.63, 3.8) is 0 Å². The van der Waals surface area contributed by atoms with Crippen LogP contribution in [0, 0.1) is 0 Å². The monoisotopic (exact) mass is 401 g/mol. The Kier molecular flexibility index (Phi) is 5.76. The van der Waals surface area contributed by atoms with Crippen molar-refractivity contribution in [2.24, 2.45) is 0 Å². The van der Waals surface area contributed by atoms with Gasteiger partial charge in [0.2, 0.25) is 5.91 Å². The number of β-amino-alcohol motifs (C(OH)–C–C–N with tert-alkyl or cyclic N) is 1. The second-order valence-corrected chi connectivity index (χ2v) is 9.36. The molecule has 0 spiro atoms. The van der Waals surface area contributed by atoms with Gasteiger partial charge in [-0.05, 0) is 51.2 Å². The molecule has 6 nitrogen and oxygen atoms in total. The van der Waals surface area contributed by atoms with Crippen LogP contribution in [0.1, 0.15) is 51.9 Å². The van der Waals surface area contributed by atoms with Gasteiger partial charge < -0.3 is 20.1 Å². The Morgan fingerprint density at radius 3 is 2.76 bits per heavy atom. The number of benzene rings is 1. The molecule has 3 aliphatic rings. The topological polar surface area (TPSA) is 65.0 Å². The first kappa shape index (κ1) is 20.5. The number of nitrogens with one attached hydrogen (secondary N) is 1. The Balaban J connectivity index is 1.39. The number of hydrogen-bond donors (Lipinski definition) is 2. The molecule has 3 saturated heterocycles. The van der Waals surface area contributed by atoms with Gasteiger partial charge in [-0.15, -0.1) is 0 Å². The van der Waals surface area contributed by atoms with Crippen LogP contribution in [-0.2, 0) is 4.79 Å². The van der Waals surface area contributed by atoms with E-state index in [0.717, 1.165) is 69.6 Å². The molecule has 1 amide bonds. The van der Waals surface area contributed by atoms with Gasteiger partial charge in [0.15, 0.2) is 0 Å². The molecule has 0 aliphatic carbocycles. The molecule has 3 fully saturated rings. The van der Waals surface area contributed by atoms with Crippen LogP contribution < -0.4 is 15.0 Å². The standard InChI is InChI=1S/C23H35N3O3/c1-22-10-13-26(20(22)8-3-4-9-21(27)24-22)17-23(28)11-14-25(15-12-23)18-6-5-7-19(16-18)29-2/h5-7,16,20,28H,3-4,8-15,17H2,1-2H3,(H,24,27)/t20-,22-/m0/s1. The number of aliphatic hydroxyl groups is 1. The molecule has 6 heteroatoms. The maximum absolute atomic E-state index is 12.2. The second-order valence-electron chi connectivity index (χ2n) is 9.36. The first-order valence-electron chi connectivity index (χ1n) is 11.1. The van der Waals surface area contributed by atoms with E-state index in [2.05, 4.69) is 34.2 Å². The molecule has 1 aromatic rings. The van der Waals surface area contributed by atoms with Crippen molar-refractivity contribution in [2.75, 3.05) is 38.2 Å². The summed E-state index contributed by atoms with van der Waals surface area (Å²) in [4.78, 5) is 17.0. The fourth-order valence-electron chi connectivity index (χ4n) is 5.47. The highest BCUT2D eigenvalue weighted by atomic mass is 16.5. The predicted molar refractivity (Wildman–Crippen MR) is 114 cm³/mol. The number of methoxy groups -OCH3 is 1. The summed E-state index contributed by atoms with van der Waals surface area (Å²) in [5.41, 5.74) is 0.338. The number of carbonyl (C=O) groups is 1. The van der Waals surface area contributed by atoms with E-state index in [-0.39, 0.29) is 11.4 Å². The average Bonchev–Trinajstić information content (AvgIpc) is 2.98. The first-order chi connectivity index (χ1) is 13.9. The number of amides is 1. The number of anilines is 1. The number of piperidine rings is 1. The summed E-state index contributed by atoms with van der Waals surface area (Å²) in [5.74, 6) is 1.05. The summed E-state index contributed by atoms with van der Waals surface area (Å²) in [7, 11) is 1.69. The van der Waals surface area contributed by atoms with E-state index in [1.54, 1.807) is 7.11 Å². The van der Waals surface area contributed by atoms with Crippen LogP contribution in [-0.4, -0.2) is 66.4 Å². The van der Waals surface area contributed by atoms with Gasteiger partial charge in [-0.25, -0.2) is 0 Å². The first-order valence-corrected chi connectivity index (χ1v) is 11.1. The number of fused-ring (bicyclic) bond motifs is 1. The van der Waals surface area contributed by atoms with Crippen molar-refractivity contribution in [2.45, 2.75) is 69.1 Å². The van der Waals surface area contributed by atoms with Crippen LogP contribution in [0.25, 0.3) is 0 Å². The van der Waals surface area contributed by atoms with Crippen LogP contribution >= 0.6 is 0 Å². The molecular formula is C23H35N3O3. The fraction of sp³-hybridized carbons (Fsp3) is 0.696. The average molecular weight is 402 g/mol. The molecule has 0 radical (unpaired) electrons. The minimum absolute atomic E-state index is 0.158. The quantitative estimate of drug-likeness (QED) is 0.812. The van der Waals surface area contributed by atoms with Crippen molar-refractivity contribution in [1.29, 1.82) is 0 Å². The summed E-state index contributed by atoms with van der Waals surface area (Å²) in [5, 5.41) is 14.7.